The molecule has 10 nitrogen and oxygen atoms in total. The number of nitrogens with one attached hydrogen (secondary N) is 1. The third-order valence-corrected chi connectivity index (χ3v) is 10.0. The molecule has 1 spiro atoms. The Morgan fingerprint density at radius 3 is 2.45 bits per heavy atom. The molecule has 2 aromatic carbocycles. The smallest absolute Gasteiger partial charge is 0.306 e. The number of rotatable bonds is 19. The van der Waals surface area contributed by atoms with E-state index in [4.69, 9.17) is 9.47 Å². The monoisotopic (exact) mass is 671 g/mol. The zero-order valence-corrected chi connectivity index (χ0v) is 28.2. The number of fused-ring (bicyclic) bond motifs is 1. The van der Waals surface area contributed by atoms with E-state index in [1.165, 1.54) is 0 Å². The van der Waals surface area contributed by atoms with Crippen LogP contribution in [0.2, 0.25) is 0 Å². The van der Waals surface area contributed by atoms with E-state index in [1.807, 2.05) is 60.7 Å². The molecule has 262 valence electrons. The van der Waals surface area contributed by atoms with Gasteiger partial charge in [0.25, 0.3) is 0 Å². The minimum absolute atomic E-state index is 0.0647. The highest BCUT2D eigenvalue weighted by atomic mass is 16.5. The summed E-state index contributed by atoms with van der Waals surface area (Å²) in [6.45, 7) is 8.57. The Morgan fingerprint density at radius 2 is 1.76 bits per heavy atom. The van der Waals surface area contributed by atoms with Crippen LogP contribution in [0.3, 0.4) is 0 Å². The predicted octanol–water partition coefficient (Wildman–Crippen LogP) is 4.50. The van der Waals surface area contributed by atoms with Crippen molar-refractivity contribution in [3.63, 3.8) is 0 Å². The van der Waals surface area contributed by atoms with Crippen LogP contribution in [0.15, 0.2) is 86.0 Å². The van der Waals surface area contributed by atoms with Crippen LogP contribution in [0, 0.1) is 11.8 Å². The number of hydrogen-bond acceptors (Lipinski definition) is 7. The molecular weight excluding hydrogens is 622 g/mol. The maximum Gasteiger partial charge on any atom is 0.306 e. The number of likely N-dealkylation sites (tertiary alicyclic amines) is 1. The summed E-state index contributed by atoms with van der Waals surface area (Å²) in [5, 5.41) is 12.3. The van der Waals surface area contributed by atoms with E-state index in [1.54, 1.807) is 22.0 Å². The van der Waals surface area contributed by atoms with Crippen molar-refractivity contribution in [2.24, 2.45) is 11.8 Å². The Hall–Kier alpha value is -4.28. The second kappa shape index (κ2) is 16.9. The fraction of sp³-hybridized carbons (Fsp3) is 0.487. The van der Waals surface area contributed by atoms with Gasteiger partial charge in [0.1, 0.15) is 18.2 Å². The molecule has 0 unspecified atom stereocenters. The standard InChI is InChI=1S/C39H49N3O7/c1-3-5-20-32(44)48-27-30(29-18-12-9-13-19-29)40-36(45)33-31-21-22-39(49-31)34(33)37(46)42(24-14-6-7-15-25-43)35(39)38(47)41(23-4-2)26-28-16-10-8-11-17-28/h3-4,8-13,16-19,30-31,33-35,43H,1-2,5-7,14-15,20-27H2,(H,40,45)/t30-,31+,33-,34-,35+,39-/m1/s1. The van der Waals surface area contributed by atoms with Crippen LogP contribution < -0.4 is 5.32 Å². The first-order valence-electron chi connectivity index (χ1n) is 17.5. The number of nitrogens with zero attached hydrogens (tertiary/aromatic N) is 2. The summed E-state index contributed by atoms with van der Waals surface area (Å²) in [5.74, 6) is -2.84. The van der Waals surface area contributed by atoms with Gasteiger partial charge in [-0.15, -0.1) is 13.2 Å². The number of ether oxygens (including phenoxy) is 2. The molecule has 3 amide bonds. The van der Waals surface area contributed by atoms with Gasteiger partial charge in [-0.1, -0.05) is 85.7 Å². The van der Waals surface area contributed by atoms with Crippen molar-refractivity contribution >= 4 is 23.7 Å². The number of aliphatic hydroxyl groups is 1. The number of hydrogen-bond donors (Lipinski definition) is 2. The molecule has 3 saturated heterocycles. The molecule has 5 rings (SSSR count). The van der Waals surface area contributed by atoms with Crippen LogP contribution in [0.5, 0.6) is 0 Å². The Labute approximate surface area is 289 Å². The molecule has 3 aliphatic rings. The van der Waals surface area contributed by atoms with Crippen molar-refractivity contribution in [2.45, 2.75) is 81.7 Å². The zero-order chi connectivity index (χ0) is 34.8. The summed E-state index contributed by atoms with van der Waals surface area (Å²) < 4.78 is 12.2. The molecule has 0 radical (unpaired) electrons. The van der Waals surface area contributed by atoms with Crippen LogP contribution in [-0.2, 0) is 35.2 Å². The first kappa shape index (κ1) is 36.0. The molecule has 0 aliphatic carbocycles. The fourth-order valence-electron chi connectivity index (χ4n) is 7.73. The summed E-state index contributed by atoms with van der Waals surface area (Å²) in [6, 6.07) is 17.5. The highest BCUT2D eigenvalue weighted by Crippen LogP contribution is 2.58. The van der Waals surface area contributed by atoms with Gasteiger partial charge in [0.05, 0.1) is 24.0 Å². The van der Waals surface area contributed by atoms with Gasteiger partial charge in [0, 0.05) is 32.7 Å². The summed E-state index contributed by atoms with van der Waals surface area (Å²) in [5.41, 5.74) is 0.585. The highest BCUT2D eigenvalue weighted by Gasteiger charge is 2.74. The Kier molecular flexibility index (Phi) is 12.4. The van der Waals surface area contributed by atoms with E-state index in [9.17, 15) is 24.3 Å². The molecule has 10 heteroatoms. The number of allylic oxidation sites excluding steroid dienone is 1. The minimum atomic E-state index is -1.14. The van der Waals surface area contributed by atoms with Gasteiger partial charge in [-0.2, -0.15) is 0 Å². The van der Waals surface area contributed by atoms with Crippen molar-refractivity contribution < 1.29 is 33.8 Å². The Morgan fingerprint density at radius 1 is 1.04 bits per heavy atom. The number of aliphatic hydroxyl groups excluding tert-OH is 1. The molecule has 2 aromatic rings. The van der Waals surface area contributed by atoms with Gasteiger partial charge in [0.2, 0.25) is 17.7 Å². The number of esters is 1. The van der Waals surface area contributed by atoms with E-state index in [2.05, 4.69) is 18.5 Å². The number of unbranched alkanes of at least 4 members (excludes halogenated alkanes) is 3. The first-order chi connectivity index (χ1) is 23.8. The van der Waals surface area contributed by atoms with E-state index < -0.39 is 35.6 Å². The van der Waals surface area contributed by atoms with Crippen LogP contribution in [0.4, 0.5) is 0 Å². The van der Waals surface area contributed by atoms with Crippen LogP contribution in [0.1, 0.15) is 68.5 Å². The molecule has 3 fully saturated rings. The maximum atomic E-state index is 14.6. The topological polar surface area (TPSA) is 125 Å². The molecule has 49 heavy (non-hydrogen) atoms. The van der Waals surface area contributed by atoms with Gasteiger partial charge in [-0.25, -0.2) is 0 Å². The fourth-order valence-corrected chi connectivity index (χ4v) is 7.73. The molecule has 0 saturated carbocycles. The molecule has 2 bridgehead atoms. The first-order valence-corrected chi connectivity index (χ1v) is 17.5. The van der Waals surface area contributed by atoms with Crippen molar-refractivity contribution in [1.29, 1.82) is 0 Å². The van der Waals surface area contributed by atoms with Crippen LogP contribution in [-0.4, -0.2) is 82.6 Å². The van der Waals surface area contributed by atoms with E-state index in [0.717, 1.165) is 24.0 Å². The Bertz CT molecular complexity index is 1470. The largest absolute Gasteiger partial charge is 0.463 e. The van der Waals surface area contributed by atoms with Gasteiger partial charge in [-0.05, 0) is 43.2 Å². The molecule has 0 aromatic heterocycles. The number of amides is 3. The molecule has 6 atom stereocenters. The van der Waals surface area contributed by atoms with Crippen molar-refractivity contribution in [3.05, 3.63) is 97.1 Å². The zero-order valence-electron chi connectivity index (χ0n) is 28.2. The highest BCUT2D eigenvalue weighted by molar-refractivity contribution is 5.99. The summed E-state index contributed by atoms with van der Waals surface area (Å²) in [7, 11) is 0. The number of carbonyl (C=O) groups excluding carboxylic acids is 4. The normalized spacial score (nSPS) is 24.3. The average Bonchev–Trinajstić information content (AvgIpc) is 3.76. The summed E-state index contributed by atoms with van der Waals surface area (Å²) in [4.78, 5) is 59.1. The van der Waals surface area contributed by atoms with Crippen molar-refractivity contribution in [1.82, 2.24) is 15.1 Å². The lowest BCUT2D eigenvalue weighted by atomic mass is 9.70. The Balaban J connectivity index is 1.41. The van der Waals surface area contributed by atoms with Gasteiger partial charge in [0.15, 0.2) is 0 Å². The molecular formula is C39H49N3O7. The average molecular weight is 672 g/mol. The third-order valence-electron chi connectivity index (χ3n) is 10.0. The predicted molar refractivity (Wildman–Crippen MR) is 185 cm³/mol. The van der Waals surface area contributed by atoms with Crippen molar-refractivity contribution in [2.75, 3.05) is 26.3 Å². The second-order valence-electron chi connectivity index (χ2n) is 13.2. The van der Waals surface area contributed by atoms with Gasteiger partial charge >= 0.3 is 5.97 Å². The second-order valence-corrected chi connectivity index (χ2v) is 13.2. The summed E-state index contributed by atoms with van der Waals surface area (Å²) >= 11 is 0. The SMILES string of the molecule is C=CCCC(=O)OC[C@@H](NC(=O)[C@@H]1[C@@H]2CC[C@]3(O2)[C@H](C(=O)N(CC=C)Cc2ccccc2)N(CCCCCCO)C(=O)[C@@H]13)c1ccccc1. The van der Waals surface area contributed by atoms with E-state index in [-0.39, 0.29) is 43.3 Å². The van der Waals surface area contributed by atoms with Crippen LogP contribution >= 0.6 is 0 Å². The van der Waals surface area contributed by atoms with Crippen molar-refractivity contribution in [3.8, 4) is 0 Å². The lowest BCUT2D eigenvalue weighted by Crippen LogP contribution is -2.56. The number of benzene rings is 2. The molecule has 3 heterocycles. The molecule has 3 aliphatic heterocycles. The quantitative estimate of drug-likeness (QED) is 0.128. The van der Waals surface area contributed by atoms with Gasteiger partial charge in [-0.3, -0.25) is 19.2 Å². The lowest BCUT2D eigenvalue weighted by molar-refractivity contribution is -0.148. The van der Waals surface area contributed by atoms with Gasteiger partial charge < -0.3 is 29.7 Å². The van der Waals surface area contributed by atoms with E-state index in [0.29, 0.717) is 51.7 Å². The number of carbonyl (C=O) groups is 4. The molecule has 2 N–H and O–H groups in total. The maximum absolute atomic E-state index is 14.6. The lowest BCUT2D eigenvalue weighted by Gasteiger charge is -2.37. The minimum Gasteiger partial charge on any atom is -0.463 e. The summed E-state index contributed by atoms with van der Waals surface area (Å²) in [6.07, 6.45) is 7.46. The van der Waals surface area contributed by atoms with Crippen LogP contribution in [0.25, 0.3) is 0 Å². The van der Waals surface area contributed by atoms with E-state index >= 15 is 0 Å². The third kappa shape index (κ3) is 7.97.